The average Bonchev–Trinajstić information content (AvgIpc) is 2.52. The fourth-order valence-corrected chi connectivity index (χ4v) is 3.67. The number of amides is 1. The Labute approximate surface area is 125 Å². The van der Waals surface area contributed by atoms with Gasteiger partial charge in [-0.3, -0.25) is 4.79 Å². The molecule has 0 saturated carbocycles. The zero-order valence-corrected chi connectivity index (χ0v) is 13.1. The standard InChI is InChI=1S/C11H12BrClN2O3S/c12-8-6-9(10(13)14-7-8)11(16)15-2-1-4-19(17,18)5-3-15/h6-7H,1-5H2. The smallest absolute Gasteiger partial charge is 0.257 e. The van der Waals surface area contributed by atoms with Crippen molar-refractivity contribution in [1.82, 2.24) is 9.88 Å². The Morgan fingerprint density at radius 2 is 2.11 bits per heavy atom. The first-order valence-electron chi connectivity index (χ1n) is 5.70. The molecule has 5 nitrogen and oxygen atoms in total. The van der Waals surface area contributed by atoms with Crippen LogP contribution in [0.5, 0.6) is 0 Å². The SMILES string of the molecule is O=C(c1cc(Br)cnc1Cl)N1CCCS(=O)(=O)CC1. The van der Waals surface area contributed by atoms with Crippen molar-refractivity contribution in [3.8, 4) is 0 Å². The van der Waals surface area contributed by atoms with Crippen LogP contribution in [-0.4, -0.2) is 48.8 Å². The van der Waals surface area contributed by atoms with Crippen LogP contribution in [0.2, 0.25) is 5.15 Å². The maximum Gasteiger partial charge on any atom is 0.257 e. The second kappa shape index (κ2) is 5.76. The number of hydrogen-bond acceptors (Lipinski definition) is 4. The first-order valence-corrected chi connectivity index (χ1v) is 8.69. The number of rotatable bonds is 1. The largest absolute Gasteiger partial charge is 0.338 e. The summed E-state index contributed by atoms with van der Waals surface area (Å²) in [6.07, 6.45) is 1.96. The molecule has 0 spiro atoms. The summed E-state index contributed by atoms with van der Waals surface area (Å²) < 4.78 is 23.7. The van der Waals surface area contributed by atoms with E-state index < -0.39 is 9.84 Å². The molecule has 0 radical (unpaired) electrons. The van der Waals surface area contributed by atoms with Crippen LogP contribution in [0.15, 0.2) is 16.7 Å². The summed E-state index contributed by atoms with van der Waals surface area (Å²) in [4.78, 5) is 17.7. The van der Waals surface area contributed by atoms with Gasteiger partial charge >= 0.3 is 0 Å². The van der Waals surface area contributed by atoms with Gasteiger partial charge in [0.15, 0.2) is 9.84 Å². The summed E-state index contributed by atoms with van der Waals surface area (Å²) in [7, 11) is -3.04. The molecule has 1 fully saturated rings. The number of carbonyl (C=O) groups is 1. The first-order chi connectivity index (χ1) is 8.89. The molecule has 1 amide bonds. The van der Waals surface area contributed by atoms with E-state index >= 15 is 0 Å². The quantitative estimate of drug-likeness (QED) is 0.709. The molecule has 0 N–H and O–H groups in total. The summed E-state index contributed by atoms with van der Waals surface area (Å²) in [5, 5.41) is 0.125. The van der Waals surface area contributed by atoms with Crippen LogP contribution in [-0.2, 0) is 9.84 Å². The van der Waals surface area contributed by atoms with Crippen LogP contribution in [0, 0.1) is 0 Å². The predicted molar refractivity (Wildman–Crippen MR) is 76.1 cm³/mol. The molecular formula is C11H12BrClN2O3S. The lowest BCUT2D eigenvalue weighted by Gasteiger charge is -2.20. The van der Waals surface area contributed by atoms with Gasteiger partial charge in [-0.2, -0.15) is 0 Å². The van der Waals surface area contributed by atoms with Crippen LogP contribution >= 0.6 is 27.5 Å². The Morgan fingerprint density at radius 1 is 1.37 bits per heavy atom. The minimum Gasteiger partial charge on any atom is -0.338 e. The molecule has 1 aromatic rings. The fraction of sp³-hybridized carbons (Fsp3) is 0.455. The van der Waals surface area contributed by atoms with E-state index in [0.717, 1.165) is 0 Å². The van der Waals surface area contributed by atoms with Crippen LogP contribution in [0.25, 0.3) is 0 Å². The topological polar surface area (TPSA) is 67.3 Å². The van der Waals surface area contributed by atoms with Crippen molar-refractivity contribution in [2.75, 3.05) is 24.6 Å². The highest BCUT2D eigenvalue weighted by Crippen LogP contribution is 2.20. The highest BCUT2D eigenvalue weighted by molar-refractivity contribution is 9.10. The predicted octanol–water partition coefficient (Wildman–Crippen LogP) is 1.76. The summed E-state index contributed by atoms with van der Waals surface area (Å²) in [5.74, 6) is -0.158. The Balaban J connectivity index is 2.22. The van der Waals surface area contributed by atoms with Gasteiger partial charge < -0.3 is 4.90 Å². The van der Waals surface area contributed by atoms with Crippen LogP contribution in [0.4, 0.5) is 0 Å². The number of hydrogen-bond donors (Lipinski definition) is 0. The zero-order chi connectivity index (χ0) is 14.0. The third-order valence-electron chi connectivity index (χ3n) is 2.88. The van der Waals surface area contributed by atoms with Crippen molar-refractivity contribution in [3.05, 3.63) is 27.5 Å². The molecule has 0 unspecified atom stereocenters. The molecule has 1 aromatic heterocycles. The van der Waals surface area contributed by atoms with E-state index in [9.17, 15) is 13.2 Å². The molecule has 1 aliphatic heterocycles. The molecule has 1 saturated heterocycles. The third kappa shape index (κ3) is 3.67. The van der Waals surface area contributed by atoms with Gasteiger partial charge in [0.1, 0.15) is 5.15 Å². The molecule has 0 bridgehead atoms. The molecule has 1 aliphatic rings. The van der Waals surface area contributed by atoms with Crippen molar-refractivity contribution in [2.45, 2.75) is 6.42 Å². The van der Waals surface area contributed by atoms with Crippen LogP contribution in [0.1, 0.15) is 16.8 Å². The van der Waals surface area contributed by atoms with Gasteiger partial charge in [0, 0.05) is 23.8 Å². The molecular weight excluding hydrogens is 356 g/mol. The van der Waals surface area contributed by atoms with Gasteiger partial charge in [0.2, 0.25) is 0 Å². The highest BCUT2D eigenvalue weighted by Gasteiger charge is 2.25. The van der Waals surface area contributed by atoms with E-state index in [1.54, 1.807) is 6.07 Å². The number of aromatic nitrogens is 1. The van der Waals surface area contributed by atoms with E-state index in [1.165, 1.54) is 11.1 Å². The van der Waals surface area contributed by atoms with Crippen LogP contribution in [0.3, 0.4) is 0 Å². The highest BCUT2D eigenvalue weighted by atomic mass is 79.9. The maximum atomic E-state index is 12.3. The van der Waals surface area contributed by atoms with Gasteiger partial charge in [0.25, 0.3) is 5.91 Å². The second-order valence-corrected chi connectivity index (χ2v) is 7.87. The Bertz CT molecular complexity index is 606. The fourth-order valence-electron chi connectivity index (χ4n) is 1.88. The summed E-state index contributed by atoms with van der Waals surface area (Å²) in [6.45, 7) is 0.616. The number of carbonyl (C=O) groups excluding carboxylic acids is 1. The van der Waals surface area contributed by atoms with Crippen molar-refractivity contribution >= 4 is 43.3 Å². The Kier molecular flexibility index (Phi) is 4.47. The van der Waals surface area contributed by atoms with E-state index in [1.807, 2.05) is 0 Å². The molecule has 0 atom stereocenters. The maximum absolute atomic E-state index is 12.3. The van der Waals surface area contributed by atoms with Crippen molar-refractivity contribution in [2.24, 2.45) is 0 Å². The van der Waals surface area contributed by atoms with E-state index in [-0.39, 0.29) is 34.7 Å². The van der Waals surface area contributed by atoms with Crippen molar-refractivity contribution in [1.29, 1.82) is 0 Å². The minimum atomic E-state index is -3.04. The van der Waals surface area contributed by atoms with Gasteiger partial charge in [-0.1, -0.05) is 11.6 Å². The summed E-state index contributed by atoms with van der Waals surface area (Å²) in [5.41, 5.74) is 0.287. The first kappa shape index (κ1) is 14.7. The van der Waals surface area contributed by atoms with Crippen molar-refractivity contribution in [3.63, 3.8) is 0 Å². The molecule has 2 rings (SSSR count). The zero-order valence-electron chi connectivity index (χ0n) is 9.97. The van der Waals surface area contributed by atoms with E-state index in [4.69, 9.17) is 11.6 Å². The monoisotopic (exact) mass is 366 g/mol. The lowest BCUT2D eigenvalue weighted by atomic mass is 10.2. The Morgan fingerprint density at radius 3 is 2.84 bits per heavy atom. The van der Waals surface area contributed by atoms with Crippen LogP contribution < -0.4 is 0 Å². The lowest BCUT2D eigenvalue weighted by Crippen LogP contribution is -2.33. The van der Waals surface area contributed by atoms with Gasteiger partial charge in [-0.15, -0.1) is 0 Å². The number of sulfone groups is 1. The minimum absolute atomic E-state index is 0.00219. The van der Waals surface area contributed by atoms with Crippen molar-refractivity contribution < 1.29 is 13.2 Å². The number of nitrogens with zero attached hydrogens (tertiary/aromatic N) is 2. The molecule has 0 aromatic carbocycles. The molecule has 2 heterocycles. The number of pyridine rings is 1. The number of halogens is 2. The van der Waals surface area contributed by atoms with Gasteiger partial charge in [-0.25, -0.2) is 13.4 Å². The molecule has 8 heteroatoms. The van der Waals surface area contributed by atoms with Gasteiger partial charge in [0.05, 0.1) is 17.1 Å². The normalized spacial score (nSPS) is 18.9. The lowest BCUT2D eigenvalue weighted by molar-refractivity contribution is 0.0768. The van der Waals surface area contributed by atoms with E-state index in [0.29, 0.717) is 17.4 Å². The second-order valence-electron chi connectivity index (χ2n) is 4.29. The van der Waals surface area contributed by atoms with Gasteiger partial charge in [-0.05, 0) is 28.4 Å². The molecule has 104 valence electrons. The third-order valence-corrected chi connectivity index (χ3v) is 5.33. The Hall–Kier alpha value is -0.660. The average molecular weight is 368 g/mol. The summed E-state index contributed by atoms with van der Waals surface area (Å²) >= 11 is 9.14. The molecule has 19 heavy (non-hydrogen) atoms. The molecule has 0 aliphatic carbocycles. The van der Waals surface area contributed by atoms with E-state index in [2.05, 4.69) is 20.9 Å². The summed E-state index contributed by atoms with van der Waals surface area (Å²) in [6, 6.07) is 1.59.